The van der Waals surface area contributed by atoms with Gasteiger partial charge >= 0.3 is 0 Å². The fraction of sp³-hybridized carbons (Fsp3) is 0.250. The fourth-order valence-electron chi connectivity index (χ4n) is 2.53. The fourth-order valence-corrected chi connectivity index (χ4v) is 2.53. The summed E-state index contributed by atoms with van der Waals surface area (Å²) in [6.07, 6.45) is 5.38. The molecule has 0 aliphatic rings. The van der Waals surface area contributed by atoms with Crippen LogP contribution in [0.1, 0.15) is 31.0 Å². The van der Waals surface area contributed by atoms with Gasteiger partial charge in [0.15, 0.2) is 0 Å². The summed E-state index contributed by atoms with van der Waals surface area (Å²) >= 11 is 0. The molecule has 0 spiro atoms. The van der Waals surface area contributed by atoms with E-state index in [4.69, 9.17) is 0 Å². The Balaban J connectivity index is 2.10. The summed E-state index contributed by atoms with van der Waals surface area (Å²) in [6.45, 7) is 4.69. The first-order valence-electron chi connectivity index (χ1n) is 7.01. The van der Waals surface area contributed by atoms with Gasteiger partial charge in [0.05, 0.1) is 24.3 Å². The molecule has 21 heavy (non-hydrogen) atoms. The molecule has 0 saturated carbocycles. The van der Waals surface area contributed by atoms with Gasteiger partial charge in [-0.25, -0.2) is 9.67 Å². The normalized spacial score (nSPS) is 11.2. The van der Waals surface area contributed by atoms with Crippen molar-refractivity contribution in [2.24, 2.45) is 0 Å². The van der Waals surface area contributed by atoms with E-state index in [0.717, 1.165) is 16.9 Å². The summed E-state index contributed by atoms with van der Waals surface area (Å²) in [4.78, 5) is 16.7. The van der Waals surface area contributed by atoms with Crippen LogP contribution in [0.3, 0.4) is 0 Å². The largest absolute Gasteiger partial charge is 0.332 e. The van der Waals surface area contributed by atoms with E-state index < -0.39 is 0 Å². The minimum Gasteiger partial charge on any atom is -0.332 e. The van der Waals surface area contributed by atoms with Crippen molar-refractivity contribution in [1.82, 2.24) is 19.3 Å². The van der Waals surface area contributed by atoms with Crippen molar-refractivity contribution in [2.75, 3.05) is 0 Å². The van der Waals surface area contributed by atoms with Gasteiger partial charge in [-0.3, -0.25) is 9.89 Å². The van der Waals surface area contributed by atoms with Crippen LogP contribution in [0.25, 0.3) is 5.69 Å². The number of benzene rings is 1. The van der Waals surface area contributed by atoms with E-state index in [1.807, 2.05) is 54.9 Å². The predicted octanol–water partition coefficient (Wildman–Crippen LogP) is 2.53. The number of hydrogen-bond acceptors (Lipinski definition) is 2. The van der Waals surface area contributed by atoms with Crippen LogP contribution >= 0.6 is 0 Å². The second-order valence-electron chi connectivity index (χ2n) is 5.37. The number of aromatic amines is 1. The molecule has 108 valence electrons. The van der Waals surface area contributed by atoms with Crippen LogP contribution in [0.15, 0.2) is 53.8 Å². The Morgan fingerprint density at radius 1 is 1.24 bits per heavy atom. The second-order valence-corrected chi connectivity index (χ2v) is 5.37. The zero-order chi connectivity index (χ0) is 14.8. The van der Waals surface area contributed by atoms with Crippen molar-refractivity contribution in [3.05, 3.63) is 70.7 Å². The Hall–Kier alpha value is -2.56. The molecule has 0 amide bonds. The maximum Gasteiger partial charge on any atom is 0.274 e. The first kappa shape index (κ1) is 13.4. The third kappa shape index (κ3) is 2.54. The lowest BCUT2D eigenvalue weighted by Gasteiger charge is -2.05. The smallest absolute Gasteiger partial charge is 0.274 e. The highest BCUT2D eigenvalue weighted by atomic mass is 16.1. The van der Waals surface area contributed by atoms with Gasteiger partial charge in [0.1, 0.15) is 0 Å². The van der Waals surface area contributed by atoms with Crippen LogP contribution < -0.4 is 5.56 Å². The average Bonchev–Trinajstić information content (AvgIpc) is 3.08. The van der Waals surface area contributed by atoms with E-state index in [0.29, 0.717) is 6.54 Å². The van der Waals surface area contributed by atoms with Crippen molar-refractivity contribution < 1.29 is 0 Å². The molecule has 0 aliphatic carbocycles. The topological polar surface area (TPSA) is 55.6 Å². The molecule has 5 heteroatoms. The van der Waals surface area contributed by atoms with Crippen LogP contribution in [0.2, 0.25) is 0 Å². The van der Waals surface area contributed by atoms with Crippen LogP contribution in [0, 0.1) is 0 Å². The van der Waals surface area contributed by atoms with Crippen LogP contribution in [0.4, 0.5) is 0 Å². The summed E-state index contributed by atoms with van der Waals surface area (Å²) in [5.41, 5.74) is 2.62. The van der Waals surface area contributed by atoms with Gasteiger partial charge in [0.2, 0.25) is 0 Å². The highest BCUT2D eigenvalue weighted by Gasteiger charge is 2.18. The van der Waals surface area contributed by atoms with Crippen molar-refractivity contribution in [3.63, 3.8) is 0 Å². The minimum atomic E-state index is 0.0197. The number of aromatic nitrogens is 4. The molecule has 3 rings (SSSR count). The molecular formula is C16H18N4O. The maximum atomic E-state index is 12.7. The monoisotopic (exact) mass is 282 g/mol. The van der Waals surface area contributed by atoms with E-state index in [-0.39, 0.29) is 11.5 Å². The van der Waals surface area contributed by atoms with Gasteiger partial charge < -0.3 is 4.57 Å². The molecule has 1 N–H and O–H groups in total. The molecule has 1 aromatic carbocycles. The number of para-hydroxylation sites is 1. The number of nitrogens with zero attached hydrogens (tertiary/aromatic N) is 3. The summed E-state index contributed by atoms with van der Waals surface area (Å²) < 4.78 is 3.56. The van der Waals surface area contributed by atoms with Crippen LogP contribution in [-0.2, 0) is 6.54 Å². The standard InChI is InChI=1S/C16H18N4O/c1-12(2)15-14(10-19-9-8-17-11-19)18-20(16(15)21)13-6-4-3-5-7-13/h3-9,11-12,18H,10H2,1-2H3. The Bertz CT molecular complexity index is 766. The Labute approximate surface area is 122 Å². The number of imidazole rings is 1. The van der Waals surface area contributed by atoms with Crippen LogP contribution in [-0.4, -0.2) is 19.3 Å². The van der Waals surface area contributed by atoms with Gasteiger partial charge in [0.25, 0.3) is 5.56 Å². The van der Waals surface area contributed by atoms with Gasteiger partial charge in [-0.1, -0.05) is 32.0 Å². The summed E-state index contributed by atoms with van der Waals surface area (Å²) in [5, 5.41) is 3.24. The van der Waals surface area contributed by atoms with Gasteiger partial charge in [-0.2, -0.15) is 0 Å². The summed E-state index contributed by atoms with van der Waals surface area (Å²) in [7, 11) is 0. The third-order valence-electron chi connectivity index (χ3n) is 3.50. The molecule has 2 heterocycles. The second kappa shape index (κ2) is 5.44. The number of H-pyrrole nitrogens is 1. The first-order chi connectivity index (χ1) is 10.2. The van der Waals surface area contributed by atoms with Gasteiger partial charge in [0, 0.05) is 18.0 Å². The molecule has 3 aromatic rings. The van der Waals surface area contributed by atoms with Gasteiger partial charge in [-0.05, 0) is 18.1 Å². The van der Waals surface area contributed by atoms with E-state index in [1.165, 1.54) is 0 Å². The van der Waals surface area contributed by atoms with E-state index in [2.05, 4.69) is 10.1 Å². The van der Waals surface area contributed by atoms with Gasteiger partial charge in [-0.15, -0.1) is 0 Å². The number of nitrogens with one attached hydrogen (secondary N) is 1. The summed E-state index contributed by atoms with van der Waals surface area (Å²) in [5.74, 6) is 0.164. The Morgan fingerprint density at radius 3 is 2.62 bits per heavy atom. The van der Waals surface area contributed by atoms with Crippen molar-refractivity contribution in [1.29, 1.82) is 0 Å². The first-order valence-corrected chi connectivity index (χ1v) is 7.01. The lowest BCUT2D eigenvalue weighted by atomic mass is 10.0. The third-order valence-corrected chi connectivity index (χ3v) is 3.50. The lowest BCUT2D eigenvalue weighted by Crippen LogP contribution is -2.18. The minimum absolute atomic E-state index is 0.0197. The molecule has 0 saturated heterocycles. The zero-order valence-electron chi connectivity index (χ0n) is 12.2. The molecule has 0 radical (unpaired) electrons. The van der Waals surface area contributed by atoms with E-state index >= 15 is 0 Å². The van der Waals surface area contributed by atoms with Crippen molar-refractivity contribution >= 4 is 0 Å². The van der Waals surface area contributed by atoms with Crippen LogP contribution in [0.5, 0.6) is 0 Å². The Kier molecular flexibility index (Phi) is 3.48. The Morgan fingerprint density at radius 2 is 2.00 bits per heavy atom. The molecular weight excluding hydrogens is 264 g/mol. The highest BCUT2D eigenvalue weighted by Crippen LogP contribution is 2.17. The molecule has 0 bridgehead atoms. The van der Waals surface area contributed by atoms with E-state index in [9.17, 15) is 4.79 Å². The molecule has 2 aromatic heterocycles. The van der Waals surface area contributed by atoms with E-state index in [1.54, 1.807) is 17.2 Å². The maximum absolute atomic E-state index is 12.7. The average molecular weight is 282 g/mol. The number of hydrogen-bond donors (Lipinski definition) is 1. The summed E-state index contributed by atoms with van der Waals surface area (Å²) in [6, 6.07) is 9.62. The molecule has 5 nitrogen and oxygen atoms in total. The molecule has 0 fully saturated rings. The molecule has 0 unspecified atom stereocenters. The zero-order valence-corrected chi connectivity index (χ0v) is 12.2. The predicted molar refractivity (Wildman–Crippen MR) is 81.8 cm³/mol. The quantitative estimate of drug-likeness (QED) is 0.799. The lowest BCUT2D eigenvalue weighted by molar-refractivity contribution is 0.729. The molecule has 0 aliphatic heterocycles. The molecule has 0 atom stereocenters. The highest BCUT2D eigenvalue weighted by molar-refractivity contribution is 5.33. The number of rotatable bonds is 4. The SMILES string of the molecule is CC(C)c1c(Cn2ccnc2)[nH]n(-c2ccccc2)c1=O. The van der Waals surface area contributed by atoms with Crippen molar-refractivity contribution in [3.8, 4) is 5.69 Å². The van der Waals surface area contributed by atoms with Crippen molar-refractivity contribution in [2.45, 2.75) is 26.3 Å².